The van der Waals surface area contributed by atoms with E-state index < -0.39 is 10.0 Å². The van der Waals surface area contributed by atoms with Crippen molar-refractivity contribution < 1.29 is 8.42 Å². The average Bonchev–Trinajstić information content (AvgIpc) is 2.87. The molecule has 6 nitrogen and oxygen atoms in total. The Morgan fingerprint density at radius 2 is 2.09 bits per heavy atom. The van der Waals surface area contributed by atoms with Crippen LogP contribution in [-0.4, -0.2) is 35.6 Å². The highest BCUT2D eigenvalue weighted by Gasteiger charge is 2.37. The molecule has 1 aliphatic rings. The van der Waals surface area contributed by atoms with Crippen LogP contribution in [0.1, 0.15) is 5.56 Å². The van der Waals surface area contributed by atoms with Gasteiger partial charge in [0.15, 0.2) is 0 Å². The first-order chi connectivity index (χ1) is 10.5. The molecule has 0 unspecified atom stereocenters. The Labute approximate surface area is 137 Å². The molecule has 1 aromatic heterocycles. The Hall–Kier alpha value is -1.69. The maximum atomic E-state index is 12.5. The summed E-state index contributed by atoms with van der Waals surface area (Å²) < 4.78 is 29.2. The van der Waals surface area contributed by atoms with Crippen molar-refractivity contribution in [3.63, 3.8) is 0 Å². The van der Waals surface area contributed by atoms with Crippen LogP contribution in [0.3, 0.4) is 0 Å². The van der Waals surface area contributed by atoms with Crippen molar-refractivity contribution in [3.05, 3.63) is 46.7 Å². The third-order valence-corrected chi connectivity index (χ3v) is 5.90. The first-order valence-electron chi connectivity index (χ1n) is 6.68. The topological polar surface area (TPSA) is 79.0 Å². The fourth-order valence-corrected chi connectivity index (χ4v) is 4.52. The molecule has 1 fully saturated rings. The van der Waals surface area contributed by atoms with Gasteiger partial charge in [-0.15, -0.1) is 0 Å². The van der Waals surface area contributed by atoms with Gasteiger partial charge in [0, 0.05) is 31.7 Å². The van der Waals surface area contributed by atoms with Crippen molar-refractivity contribution in [1.29, 1.82) is 5.26 Å². The summed E-state index contributed by atoms with van der Waals surface area (Å²) in [5, 5.41) is 13.2. The van der Waals surface area contributed by atoms with Crippen LogP contribution >= 0.6 is 15.9 Å². The molecular weight excluding hydrogens is 368 g/mol. The molecule has 0 bridgehead atoms. The summed E-state index contributed by atoms with van der Waals surface area (Å²) in [6.07, 6.45) is 3.57. The molecule has 0 aliphatic carbocycles. The van der Waals surface area contributed by atoms with E-state index in [-0.39, 0.29) is 16.4 Å². The minimum absolute atomic E-state index is 0.0813. The standard InChI is InChI=1S/C14H13BrN4O2S/c15-13-6-17-18(10-13)7-11-8-19(9-11)22(20,21)14-4-2-1-3-12(14)5-16/h1-4,6,10-11H,7-9H2. The quantitative estimate of drug-likeness (QED) is 0.810. The van der Waals surface area contributed by atoms with Gasteiger partial charge in [0.25, 0.3) is 0 Å². The third kappa shape index (κ3) is 2.79. The largest absolute Gasteiger partial charge is 0.271 e. The van der Waals surface area contributed by atoms with Gasteiger partial charge >= 0.3 is 0 Å². The zero-order chi connectivity index (χ0) is 15.7. The molecule has 3 rings (SSSR count). The van der Waals surface area contributed by atoms with Crippen LogP contribution in [0.25, 0.3) is 0 Å². The maximum absolute atomic E-state index is 12.5. The van der Waals surface area contributed by atoms with E-state index >= 15 is 0 Å². The molecular formula is C14H13BrN4O2S. The highest BCUT2D eigenvalue weighted by atomic mass is 79.9. The monoisotopic (exact) mass is 380 g/mol. The molecule has 2 aromatic rings. The van der Waals surface area contributed by atoms with Crippen LogP contribution in [0, 0.1) is 17.2 Å². The van der Waals surface area contributed by atoms with Crippen molar-refractivity contribution in [2.45, 2.75) is 11.4 Å². The number of aromatic nitrogens is 2. The van der Waals surface area contributed by atoms with E-state index in [0.29, 0.717) is 19.6 Å². The molecule has 1 aromatic carbocycles. The molecule has 22 heavy (non-hydrogen) atoms. The van der Waals surface area contributed by atoms with E-state index in [1.807, 2.05) is 12.3 Å². The molecule has 8 heteroatoms. The van der Waals surface area contributed by atoms with Crippen molar-refractivity contribution >= 4 is 26.0 Å². The summed E-state index contributed by atoms with van der Waals surface area (Å²) in [4.78, 5) is 0.0813. The minimum Gasteiger partial charge on any atom is -0.271 e. The summed E-state index contributed by atoms with van der Waals surface area (Å²) in [7, 11) is -3.59. The van der Waals surface area contributed by atoms with Crippen molar-refractivity contribution in [2.75, 3.05) is 13.1 Å². The number of benzene rings is 1. The second kappa shape index (κ2) is 5.83. The SMILES string of the molecule is N#Cc1ccccc1S(=O)(=O)N1CC(Cn2cc(Br)cn2)C1. The van der Waals surface area contributed by atoms with Crippen LogP contribution < -0.4 is 0 Å². The molecule has 0 amide bonds. The first-order valence-corrected chi connectivity index (χ1v) is 8.91. The number of sulfonamides is 1. The second-order valence-electron chi connectivity index (χ2n) is 5.18. The number of hydrogen-bond acceptors (Lipinski definition) is 4. The number of nitriles is 1. The van der Waals surface area contributed by atoms with Crippen LogP contribution in [-0.2, 0) is 16.6 Å². The van der Waals surface area contributed by atoms with E-state index in [0.717, 1.165) is 4.47 Å². The molecule has 0 N–H and O–H groups in total. The highest BCUT2D eigenvalue weighted by molar-refractivity contribution is 9.10. The molecule has 0 radical (unpaired) electrons. The van der Waals surface area contributed by atoms with Crippen molar-refractivity contribution in [2.24, 2.45) is 5.92 Å². The lowest BCUT2D eigenvalue weighted by atomic mass is 10.0. The van der Waals surface area contributed by atoms with Crippen molar-refractivity contribution in [3.8, 4) is 6.07 Å². The number of rotatable bonds is 4. The van der Waals surface area contributed by atoms with Gasteiger partial charge in [0.1, 0.15) is 6.07 Å². The lowest BCUT2D eigenvalue weighted by Gasteiger charge is -2.38. The Morgan fingerprint density at radius 3 is 2.73 bits per heavy atom. The van der Waals surface area contributed by atoms with Crippen LogP contribution in [0.15, 0.2) is 46.0 Å². The van der Waals surface area contributed by atoms with Gasteiger partial charge in [-0.1, -0.05) is 12.1 Å². The molecule has 0 atom stereocenters. The van der Waals surface area contributed by atoms with Gasteiger partial charge in [-0.2, -0.15) is 14.7 Å². The number of halogens is 1. The summed E-state index contributed by atoms with van der Waals surface area (Å²) in [6.45, 7) is 1.57. The highest BCUT2D eigenvalue weighted by Crippen LogP contribution is 2.27. The van der Waals surface area contributed by atoms with E-state index in [1.54, 1.807) is 23.0 Å². The van der Waals surface area contributed by atoms with Gasteiger partial charge in [-0.05, 0) is 28.1 Å². The predicted molar refractivity (Wildman–Crippen MR) is 83.3 cm³/mol. The molecule has 1 aliphatic heterocycles. The predicted octanol–water partition coefficient (Wildman–Crippen LogP) is 1.84. The minimum atomic E-state index is -3.59. The Morgan fingerprint density at radius 1 is 1.36 bits per heavy atom. The smallest absolute Gasteiger partial charge is 0.244 e. The van der Waals surface area contributed by atoms with Gasteiger partial charge in [0.2, 0.25) is 10.0 Å². The Bertz CT molecular complexity index is 835. The summed E-state index contributed by atoms with van der Waals surface area (Å²) >= 11 is 3.33. The second-order valence-corrected chi connectivity index (χ2v) is 8.00. The van der Waals surface area contributed by atoms with E-state index in [9.17, 15) is 8.42 Å². The Kier molecular flexibility index (Phi) is 4.04. The Balaban J connectivity index is 1.70. The summed E-state index contributed by atoms with van der Waals surface area (Å²) in [6, 6.07) is 8.22. The molecule has 0 spiro atoms. The lowest BCUT2D eigenvalue weighted by molar-refractivity contribution is 0.175. The van der Waals surface area contributed by atoms with E-state index in [4.69, 9.17) is 5.26 Å². The molecule has 114 valence electrons. The van der Waals surface area contributed by atoms with Gasteiger partial charge in [0.05, 0.1) is 21.1 Å². The van der Waals surface area contributed by atoms with Crippen LogP contribution in [0.2, 0.25) is 0 Å². The van der Waals surface area contributed by atoms with Gasteiger partial charge in [-0.25, -0.2) is 8.42 Å². The zero-order valence-corrected chi connectivity index (χ0v) is 14.0. The van der Waals surface area contributed by atoms with Gasteiger partial charge < -0.3 is 0 Å². The molecule has 2 heterocycles. The zero-order valence-electron chi connectivity index (χ0n) is 11.6. The molecule has 0 saturated carbocycles. The van der Waals surface area contributed by atoms with E-state index in [2.05, 4.69) is 21.0 Å². The third-order valence-electron chi connectivity index (χ3n) is 3.60. The van der Waals surface area contributed by atoms with E-state index in [1.165, 1.54) is 16.4 Å². The fourth-order valence-electron chi connectivity index (χ4n) is 2.46. The molecule has 1 saturated heterocycles. The fraction of sp³-hybridized carbons (Fsp3) is 0.286. The average molecular weight is 381 g/mol. The van der Waals surface area contributed by atoms with Crippen molar-refractivity contribution in [1.82, 2.24) is 14.1 Å². The maximum Gasteiger partial charge on any atom is 0.244 e. The number of nitrogens with zero attached hydrogens (tertiary/aromatic N) is 4. The van der Waals surface area contributed by atoms with Crippen LogP contribution in [0.4, 0.5) is 0 Å². The summed E-state index contributed by atoms with van der Waals surface area (Å²) in [5.41, 5.74) is 0.182. The number of hydrogen-bond donors (Lipinski definition) is 0. The first kappa shape index (κ1) is 15.2. The summed E-state index contributed by atoms with van der Waals surface area (Å²) in [5.74, 6) is 0.232. The van der Waals surface area contributed by atoms with Crippen LogP contribution in [0.5, 0.6) is 0 Å². The van der Waals surface area contributed by atoms with Gasteiger partial charge in [-0.3, -0.25) is 4.68 Å². The lowest BCUT2D eigenvalue weighted by Crippen LogP contribution is -2.51. The normalized spacial score (nSPS) is 16.2.